The zero-order valence-corrected chi connectivity index (χ0v) is 17.6. The van der Waals surface area contributed by atoms with Crippen molar-refractivity contribution in [1.82, 2.24) is 20.4 Å². The van der Waals surface area contributed by atoms with E-state index in [1.54, 1.807) is 0 Å². The molecule has 1 saturated heterocycles. The van der Waals surface area contributed by atoms with E-state index in [1.807, 2.05) is 19.2 Å². The van der Waals surface area contributed by atoms with Crippen molar-refractivity contribution in [2.45, 2.75) is 31.1 Å². The predicted octanol–water partition coefficient (Wildman–Crippen LogP) is 2.56. The molecule has 0 spiro atoms. The first-order valence-corrected chi connectivity index (χ1v) is 10.6. The Morgan fingerprint density at radius 2 is 1.93 bits per heavy atom. The van der Waals surface area contributed by atoms with Gasteiger partial charge in [-0.05, 0) is 57.0 Å². The molecule has 0 atom stereocenters. The van der Waals surface area contributed by atoms with E-state index in [9.17, 15) is 0 Å². The van der Waals surface area contributed by atoms with Crippen LogP contribution in [0.15, 0.2) is 29.3 Å². The van der Waals surface area contributed by atoms with Gasteiger partial charge in [-0.3, -0.25) is 4.99 Å². The molecule has 2 fully saturated rings. The average molecular weight is 392 g/mol. The average Bonchev–Trinajstić information content (AvgIpc) is 3.47. The number of rotatable bonds is 8. The summed E-state index contributed by atoms with van der Waals surface area (Å²) in [5.41, 5.74) is 1.56. The van der Waals surface area contributed by atoms with Crippen molar-refractivity contribution < 1.29 is 0 Å². The Bertz CT molecular complexity index is 621. The van der Waals surface area contributed by atoms with Crippen LogP contribution in [-0.2, 0) is 5.41 Å². The summed E-state index contributed by atoms with van der Waals surface area (Å²) < 4.78 is 0. The molecule has 150 valence electrons. The van der Waals surface area contributed by atoms with Crippen LogP contribution in [0.1, 0.15) is 31.2 Å². The summed E-state index contributed by atoms with van der Waals surface area (Å²) in [5, 5.41) is 7.80. The molecule has 3 rings (SSSR count). The maximum absolute atomic E-state index is 6.17. The fourth-order valence-corrected chi connectivity index (χ4v) is 3.94. The van der Waals surface area contributed by atoms with E-state index in [2.05, 4.69) is 44.6 Å². The van der Waals surface area contributed by atoms with Crippen molar-refractivity contribution in [3.63, 3.8) is 0 Å². The second-order valence-corrected chi connectivity index (χ2v) is 8.43. The van der Waals surface area contributed by atoms with Crippen LogP contribution in [0.5, 0.6) is 0 Å². The smallest absolute Gasteiger partial charge is 0.191 e. The van der Waals surface area contributed by atoms with E-state index in [0.717, 1.165) is 24.1 Å². The third-order valence-corrected chi connectivity index (χ3v) is 6.13. The van der Waals surface area contributed by atoms with Crippen LogP contribution in [0.3, 0.4) is 0 Å². The van der Waals surface area contributed by atoms with E-state index in [4.69, 9.17) is 11.6 Å². The molecule has 27 heavy (non-hydrogen) atoms. The highest BCUT2D eigenvalue weighted by atomic mass is 35.5. The molecular weight excluding hydrogens is 358 g/mol. The molecule has 1 saturated carbocycles. The number of unbranched alkanes of at least 4 members (excludes halogenated alkanes) is 1. The Balaban J connectivity index is 1.33. The summed E-state index contributed by atoms with van der Waals surface area (Å²) in [5.74, 6) is 0.905. The van der Waals surface area contributed by atoms with Gasteiger partial charge in [0.15, 0.2) is 5.96 Å². The fourth-order valence-electron chi connectivity index (χ4n) is 3.75. The maximum atomic E-state index is 6.17. The second-order valence-electron chi connectivity index (χ2n) is 8.00. The third-order valence-electron chi connectivity index (χ3n) is 5.90. The van der Waals surface area contributed by atoms with Crippen molar-refractivity contribution >= 4 is 17.6 Å². The van der Waals surface area contributed by atoms with Gasteiger partial charge in [-0.25, -0.2) is 0 Å². The van der Waals surface area contributed by atoms with Crippen molar-refractivity contribution in [2.75, 3.05) is 59.9 Å². The molecule has 1 heterocycles. The second kappa shape index (κ2) is 9.76. The van der Waals surface area contributed by atoms with Gasteiger partial charge in [0.05, 0.1) is 0 Å². The summed E-state index contributed by atoms with van der Waals surface area (Å²) in [6, 6.07) is 8.28. The number of piperazine rings is 1. The van der Waals surface area contributed by atoms with Gasteiger partial charge in [-0.2, -0.15) is 0 Å². The van der Waals surface area contributed by atoms with Gasteiger partial charge in [-0.1, -0.05) is 23.7 Å². The van der Waals surface area contributed by atoms with Crippen LogP contribution in [0, 0.1) is 0 Å². The number of likely N-dealkylation sites (N-methyl/N-ethyl adjacent to an activating group) is 1. The van der Waals surface area contributed by atoms with Crippen molar-refractivity contribution in [2.24, 2.45) is 4.99 Å². The molecule has 1 aliphatic heterocycles. The Morgan fingerprint density at radius 3 is 2.59 bits per heavy atom. The fraction of sp³-hybridized carbons (Fsp3) is 0.667. The molecule has 0 amide bonds. The molecule has 0 aromatic heterocycles. The first-order chi connectivity index (χ1) is 13.1. The zero-order valence-electron chi connectivity index (χ0n) is 16.8. The molecule has 0 bridgehead atoms. The maximum Gasteiger partial charge on any atom is 0.191 e. The Kier molecular flexibility index (Phi) is 7.39. The van der Waals surface area contributed by atoms with Crippen LogP contribution in [0.2, 0.25) is 5.02 Å². The lowest BCUT2D eigenvalue weighted by molar-refractivity contribution is 0.152. The number of benzene rings is 1. The lowest BCUT2D eigenvalue weighted by atomic mass is 9.96. The van der Waals surface area contributed by atoms with Crippen LogP contribution in [0.25, 0.3) is 0 Å². The van der Waals surface area contributed by atoms with Gasteiger partial charge < -0.3 is 20.4 Å². The summed E-state index contributed by atoms with van der Waals surface area (Å²) >= 11 is 6.17. The molecule has 0 unspecified atom stereocenters. The third kappa shape index (κ3) is 6.09. The lowest BCUT2D eigenvalue weighted by Crippen LogP contribution is -2.45. The van der Waals surface area contributed by atoms with E-state index in [1.165, 1.54) is 64.0 Å². The van der Waals surface area contributed by atoms with Gasteiger partial charge >= 0.3 is 0 Å². The highest BCUT2D eigenvalue weighted by Gasteiger charge is 2.44. The summed E-state index contributed by atoms with van der Waals surface area (Å²) in [6.45, 7) is 7.90. The largest absolute Gasteiger partial charge is 0.356 e. The highest BCUT2D eigenvalue weighted by molar-refractivity contribution is 6.30. The molecule has 2 N–H and O–H groups in total. The van der Waals surface area contributed by atoms with Gasteiger partial charge in [0.25, 0.3) is 0 Å². The zero-order chi connectivity index (χ0) is 19.1. The summed E-state index contributed by atoms with van der Waals surface area (Å²) in [6.07, 6.45) is 4.83. The standard InChI is InChI=1S/C21H34ClN5/c1-23-20(24-10-3-4-11-27-14-12-26(2)13-15-27)25-17-21(8-9-21)18-6-5-7-19(22)16-18/h5-7,16H,3-4,8-15,17H2,1-2H3,(H2,23,24,25). The molecule has 0 radical (unpaired) electrons. The van der Waals surface area contributed by atoms with Crippen molar-refractivity contribution in [1.29, 1.82) is 0 Å². The normalized spacial score (nSPS) is 20.5. The number of hydrogen-bond donors (Lipinski definition) is 2. The quantitative estimate of drug-likeness (QED) is 0.406. The van der Waals surface area contributed by atoms with E-state index in [-0.39, 0.29) is 5.41 Å². The Labute approximate surface area is 169 Å². The molecule has 1 aromatic rings. The molecule has 1 aromatic carbocycles. The minimum absolute atomic E-state index is 0.226. The number of aliphatic imine (C=N–C) groups is 1. The molecule has 6 heteroatoms. The van der Waals surface area contributed by atoms with Gasteiger partial charge in [0, 0.05) is 56.8 Å². The topological polar surface area (TPSA) is 42.9 Å². The monoisotopic (exact) mass is 391 g/mol. The van der Waals surface area contributed by atoms with Crippen LogP contribution >= 0.6 is 11.6 Å². The molecule has 2 aliphatic rings. The first-order valence-electron chi connectivity index (χ1n) is 10.2. The summed E-state index contributed by atoms with van der Waals surface area (Å²) in [4.78, 5) is 9.36. The van der Waals surface area contributed by atoms with Crippen molar-refractivity contribution in [3.8, 4) is 0 Å². The minimum Gasteiger partial charge on any atom is -0.356 e. The van der Waals surface area contributed by atoms with Crippen LogP contribution in [0.4, 0.5) is 0 Å². The number of nitrogens with one attached hydrogen (secondary N) is 2. The first kappa shape index (κ1) is 20.4. The number of nitrogens with zero attached hydrogens (tertiary/aromatic N) is 3. The number of halogens is 1. The highest BCUT2D eigenvalue weighted by Crippen LogP contribution is 2.48. The van der Waals surface area contributed by atoms with Crippen molar-refractivity contribution in [3.05, 3.63) is 34.9 Å². The Morgan fingerprint density at radius 1 is 1.15 bits per heavy atom. The van der Waals surface area contributed by atoms with E-state index < -0.39 is 0 Å². The number of hydrogen-bond acceptors (Lipinski definition) is 3. The summed E-state index contributed by atoms with van der Waals surface area (Å²) in [7, 11) is 4.05. The van der Waals surface area contributed by atoms with Crippen LogP contribution < -0.4 is 10.6 Å². The minimum atomic E-state index is 0.226. The SMILES string of the molecule is CN=C(NCCCCN1CCN(C)CC1)NCC1(c2cccc(Cl)c2)CC1. The van der Waals surface area contributed by atoms with Crippen LogP contribution in [-0.4, -0.2) is 75.7 Å². The lowest BCUT2D eigenvalue weighted by Gasteiger charge is -2.32. The molecule has 5 nitrogen and oxygen atoms in total. The molecular formula is C21H34ClN5. The van der Waals surface area contributed by atoms with E-state index >= 15 is 0 Å². The predicted molar refractivity (Wildman–Crippen MR) is 115 cm³/mol. The van der Waals surface area contributed by atoms with Gasteiger partial charge in [0.1, 0.15) is 0 Å². The number of guanidine groups is 1. The van der Waals surface area contributed by atoms with E-state index in [0.29, 0.717) is 0 Å². The Hall–Kier alpha value is -1.30. The van der Waals surface area contributed by atoms with Gasteiger partial charge in [-0.15, -0.1) is 0 Å². The molecule has 1 aliphatic carbocycles. The van der Waals surface area contributed by atoms with Gasteiger partial charge in [0.2, 0.25) is 0 Å².